The predicted octanol–water partition coefficient (Wildman–Crippen LogP) is 4.26. The van der Waals surface area contributed by atoms with Gasteiger partial charge in [0.1, 0.15) is 11.4 Å². The Hall–Kier alpha value is -2.51. The minimum atomic E-state index is -0.444. The van der Waals surface area contributed by atoms with E-state index in [1.807, 2.05) is 11.8 Å². The summed E-state index contributed by atoms with van der Waals surface area (Å²) in [5.74, 6) is 0.398. The minimum absolute atomic E-state index is 0.0365. The molecule has 2 aromatic rings. The second kappa shape index (κ2) is 8.67. The lowest BCUT2D eigenvalue weighted by molar-refractivity contribution is -0.384. The van der Waals surface area contributed by atoms with E-state index >= 15 is 0 Å². The van der Waals surface area contributed by atoms with Gasteiger partial charge >= 0.3 is 0 Å². The zero-order chi connectivity index (χ0) is 20.3. The van der Waals surface area contributed by atoms with E-state index in [0.717, 1.165) is 0 Å². The molecule has 2 aromatic carbocycles. The Morgan fingerprint density at radius 1 is 1.14 bits per heavy atom. The number of para-hydroxylation sites is 1. The van der Waals surface area contributed by atoms with Crippen molar-refractivity contribution in [2.45, 2.75) is 6.92 Å². The second-order valence-electron chi connectivity index (χ2n) is 6.22. The number of carbonyl (C=O) groups is 1. The molecule has 0 radical (unpaired) electrons. The molecule has 1 fully saturated rings. The van der Waals surface area contributed by atoms with E-state index in [9.17, 15) is 14.9 Å². The lowest BCUT2D eigenvalue weighted by Crippen LogP contribution is -2.49. The smallest absolute Gasteiger partial charge is 0.294 e. The van der Waals surface area contributed by atoms with Gasteiger partial charge < -0.3 is 14.5 Å². The third-order valence-corrected chi connectivity index (χ3v) is 5.12. The molecule has 1 amide bonds. The van der Waals surface area contributed by atoms with Gasteiger partial charge in [-0.25, -0.2) is 0 Å². The maximum atomic E-state index is 12.8. The summed E-state index contributed by atoms with van der Waals surface area (Å²) in [6.45, 7) is 4.08. The summed E-state index contributed by atoms with van der Waals surface area (Å²) in [4.78, 5) is 27.2. The maximum Gasteiger partial charge on any atom is 0.294 e. The molecule has 0 atom stereocenters. The Morgan fingerprint density at radius 2 is 1.86 bits per heavy atom. The van der Waals surface area contributed by atoms with Crippen molar-refractivity contribution in [2.24, 2.45) is 0 Å². The van der Waals surface area contributed by atoms with Gasteiger partial charge in [-0.3, -0.25) is 14.9 Å². The van der Waals surface area contributed by atoms with Crippen LogP contribution in [0.1, 0.15) is 17.3 Å². The van der Waals surface area contributed by atoms with Crippen LogP contribution >= 0.6 is 23.2 Å². The first-order valence-electron chi connectivity index (χ1n) is 8.81. The van der Waals surface area contributed by atoms with E-state index in [0.29, 0.717) is 59.8 Å². The number of amides is 1. The Morgan fingerprint density at radius 3 is 2.46 bits per heavy atom. The van der Waals surface area contributed by atoms with Crippen molar-refractivity contribution in [1.29, 1.82) is 0 Å². The first kappa shape index (κ1) is 20.2. The Kier molecular flexibility index (Phi) is 6.26. The predicted molar refractivity (Wildman–Crippen MR) is 109 cm³/mol. The van der Waals surface area contributed by atoms with Crippen LogP contribution in [0.4, 0.5) is 11.4 Å². The number of carbonyl (C=O) groups excluding carboxylic acids is 1. The van der Waals surface area contributed by atoms with Crippen LogP contribution in [0.3, 0.4) is 0 Å². The van der Waals surface area contributed by atoms with Crippen LogP contribution in [-0.2, 0) is 0 Å². The van der Waals surface area contributed by atoms with Crippen molar-refractivity contribution >= 4 is 40.5 Å². The number of benzene rings is 2. The van der Waals surface area contributed by atoms with Crippen molar-refractivity contribution < 1.29 is 14.5 Å². The Bertz CT molecular complexity index is 899. The molecule has 28 heavy (non-hydrogen) atoms. The number of hydrogen-bond acceptors (Lipinski definition) is 5. The number of nitro groups is 1. The maximum absolute atomic E-state index is 12.8. The fourth-order valence-corrected chi connectivity index (χ4v) is 3.71. The van der Waals surface area contributed by atoms with Crippen LogP contribution in [0.5, 0.6) is 5.75 Å². The quantitative estimate of drug-likeness (QED) is 0.530. The SMILES string of the molecule is CCOc1ccc(C(=O)N2CCN(c3c(Cl)cccc3[N+](=O)[O-])CC2)cc1Cl. The molecule has 9 heteroatoms. The van der Waals surface area contributed by atoms with Gasteiger partial charge in [-0.1, -0.05) is 29.3 Å². The number of rotatable bonds is 5. The third kappa shape index (κ3) is 4.15. The van der Waals surface area contributed by atoms with E-state index < -0.39 is 4.92 Å². The molecule has 0 N–H and O–H groups in total. The van der Waals surface area contributed by atoms with Crippen molar-refractivity contribution in [2.75, 3.05) is 37.7 Å². The van der Waals surface area contributed by atoms with Crippen LogP contribution in [0, 0.1) is 10.1 Å². The van der Waals surface area contributed by atoms with E-state index in [1.54, 1.807) is 35.2 Å². The lowest BCUT2D eigenvalue weighted by Gasteiger charge is -2.36. The second-order valence-corrected chi connectivity index (χ2v) is 7.04. The van der Waals surface area contributed by atoms with Gasteiger partial charge in [0.15, 0.2) is 0 Å². The summed E-state index contributed by atoms with van der Waals surface area (Å²) in [6.07, 6.45) is 0. The average molecular weight is 424 g/mol. The monoisotopic (exact) mass is 423 g/mol. The fraction of sp³-hybridized carbons (Fsp3) is 0.316. The highest BCUT2D eigenvalue weighted by Gasteiger charge is 2.28. The molecule has 0 spiro atoms. The molecule has 1 saturated heterocycles. The third-order valence-electron chi connectivity index (χ3n) is 4.52. The molecule has 0 aromatic heterocycles. The summed E-state index contributed by atoms with van der Waals surface area (Å²) >= 11 is 12.4. The highest BCUT2D eigenvalue weighted by atomic mass is 35.5. The number of nitrogens with zero attached hydrogens (tertiary/aromatic N) is 3. The van der Waals surface area contributed by atoms with Gasteiger partial charge in [0.2, 0.25) is 0 Å². The molecule has 0 aliphatic carbocycles. The first-order valence-corrected chi connectivity index (χ1v) is 9.57. The molecule has 148 valence electrons. The summed E-state index contributed by atoms with van der Waals surface area (Å²) < 4.78 is 5.39. The minimum Gasteiger partial charge on any atom is -0.492 e. The van der Waals surface area contributed by atoms with Crippen LogP contribution in [0.25, 0.3) is 0 Å². The molecule has 3 rings (SSSR count). The zero-order valence-electron chi connectivity index (χ0n) is 15.2. The molecular formula is C19H19Cl2N3O4. The average Bonchev–Trinajstić information content (AvgIpc) is 2.69. The van der Waals surface area contributed by atoms with E-state index in [1.165, 1.54) is 6.07 Å². The standard InChI is InChI=1S/C19H19Cl2N3O4/c1-2-28-17-7-6-13(12-15(17)21)19(25)23-10-8-22(9-11-23)18-14(20)4-3-5-16(18)24(26)27/h3-7,12H,2,8-11H2,1H3. The van der Waals surface area contributed by atoms with Crippen LogP contribution in [-0.4, -0.2) is 48.5 Å². The fourth-order valence-electron chi connectivity index (χ4n) is 3.19. The number of ether oxygens (including phenoxy) is 1. The van der Waals surface area contributed by atoms with Crippen molar-refractivity contribution in [1.82, 2.24) is 4.90 Å². The highest BCUT2D eigenvalue weighted by molar-refractivity contribution is 6.34. The van der Waals surface area contributed by atoms with Crippen LogP contribution in [0.2, 0.25) is 10.0 Å². The largest absolute Gasteiger partial charge is 0.492 e. The molecule has 0 saturated carbocycles. The molecule has 1 aliphatic rings. The first-order chi connectivity index (χ1) is 13.4. The number of piperazine rings is 1. The van der Waals surface area contributed by atoms with Gasteiger partial charge in [0, 0.05) is 37.8 Å². The lowest BCUT2D eigenvalue weighted by atomic mass is 10.1. The van der Waals surface area contributed by atoms with Crippen molar-refractivity contribution in [3.05, 3.63) is 62.1 Å². The number of halogens is 2. The summed E-state index contributed by atoms with van der Waals surface area (Å²) in [7, 11) is 0. The number of nitro benzene ring substituents is 1. The zero-order valence-corrected chi connectivity index (χ0v) is 16.7. The summed E-state index contributed by atoms with van der Waals surface area (Å²) in [5.41, 5.74) is 0.835. The van der Waals surface area contributed by atoms with Crippen molar-refractivity contribution in [3.8, 4) is 5.75 Å². The topological polar surface area (TPSA) is 75.9 Å². The molecule has 7 nitrogen and oxygen atoms in total. The highest BCUT2D eigenvalue weighted by Crippen LogP contribution is 2.36. The normalized spacial score (nSPS) is 14.1. The van der Waals surface area contributed by atoms with Gasteiger partial charge in [0.25, 0.3) is 11.6 Å². The van der Waals surface area contributed by atoms with E-state index in [4.69, 9.17) is 27.9 Å². The number of hydrogen-bond donors (Lipinski definition) is 0. The van der Waals surface area contributed by atoms with E-state index in [-0.39, 0.29) is 11.6 Å². The summed E-state index contributed by atoms with van der Waals surface area (Å²) in [5, 5.41) is 12.0. The van der Waals surface area contributed by atoms with Crippen molar-refractivity contribution in [3.63, 3.8) is 0 Å². The Labute approximate surface area is 172 Å². The molecular weight excluding hydrogens is 405 g/mol. The summed E-state index contributed by atoms with van der Waals surface area (Å²) in [6, 6.07) is 9.58. The molecule has 0 unspecified atom stereocenters. The van der Waals surface area contributed by atoms with E-state index in [2.05, 4.69) is 0 Å². The van der Waals surface area contributed by atoms with Crippen LogP contribution in [0.15, 0.2) is 36.4 Å². The van der Waals surface area contributed by atoms with Gasteiger partial charge in [-0.2, -0.15) is 0 Å². The van der Waals surface area contributed by atoms with Gasteiger partial charge in [0.05, 0.1) is 21.6 Å². The van der Waals surface area contributed by atoms with Crippen LogP contribution < -0.4 is 9.64 Å². The molecule has 0 bridgehead atoms. The van der Waals surface area contributed by atoms with Gasteiger partial charge in [-0.15, -0.1) is 0 Å². The molecule has 1 heterocycles. The van der Waals surface area contributed by atoms with Gasteiger partial charge in [-0.05, 0) is 31.2 Å². The molecule has 1 aliphatic heterocycles. The number of anilines is 1. The Balaban J connectivity index is 1.72.